The van der Waals surface area contributed by atoms with Crippen LogP contribution in [0.15, 0.2) is 170 Å². The SMILES string of the molecule is C.C.COC(=O)[C@H]1O[C@@H](Oc2ccc(CO)cc2N)[C@H](OC(C)=O)[C@@H](C)[C@@H]1C.COC(=O)[C@H]1O[C@@H](Oc2ccc(CO)cc2NC(=O)CCNC(=O)[C@H](CCCCNC(c2ccccc2)(c2ccccc2)c2ccc(OC)cc2)NC(=O)OCC2c3ccccc3-c3ccccc32)[C@H](C)[C@@H](C)[C@@H]1C. The summed E-state index contributed by atoms with van der Waals surface area (Å²) in [7, 11) is 4.24. The molecule has 0 spiro atoms. The van der Waals surface area contributed by atoms with Crippen molar-refractivity contribution in [3.05, 3.63) is 209 Å². The number of anilines is 2. The molecule has 2 saturated heterocycles. The minimum Gasteiger partial charge on any atom is -0.497 e. The molecule has 1 aliphatic carbocycles. The predicted octanol–water partition coefficient (Wildman–Crippen LogP) is 12.0. The Labute approximate surface area is 604 Å². The van der Waals surface area contributed by atoms with Gasteiger partial charge in [-0.05, 0) is 130 Å². The topological polar surface area (TPSA) is 300 Å². The fourth-order valence-electron chi connectivity index (χ4n) is 13.3. The molecule has 103 heavy (non-hydrogen) atoms. The van der Waals surface area contributed by atoms with Gasteiger partial charge in [0.05, 0.1) is 51.5 Å². The second kappa shape index (κ2) is 37.9. The number of aliphatic hydroxyl groups is 2. The van der Waals surface area contributed by atoms with Crippen molar-refractivity contribution in [2.75, 3.05) is 52.1 Å². The highest BCUT2D eigenvalue weighted by Gasteiger charge is 2.49. The van der Waals surface area contributed by atoms with Crippen molar-refractivity contribution in [1.29, 1.82) is 0 Å². The Morgan fingerprint density at radius 1 is 0.583 bits per heavy atom. The first-order valence-corrected chi connectivity index (χ1v) is 34.1. The lowest BCUT2D eigenvalue weighted by molar-refractivity contribution is -0.248. The average molecular weight is 1420 g/mol. The van der Waals surface area contributed by atoms with Crippen LogP contribution >= 0.6 is 0 Å². The van der Waals surface area contributed by atoms with Crippen molar-refractivity contribution < 1.29 is 81.6 Å². The number of esters is 3. The summed E-state index contributed by atoms with van der Waals surface area (Å²) in [6, 6.07) is 53.5. The van der Waals surface area contributed by atoms with Gasteiger partial charge in [-0.3, -0.25) is 19.7 Å². The molecule has 3 amide bonds. The summed E-state index contributed by atoms with van der Waals surface area (Å²) in [5, 5.41) is 31.7. The van der Waals surface area contributed by atoms with Crippen molar-refractivity contribution in [3.8, 4) is 28.4 Å². The highest BCUT2D eigenvalue weighted by Crippen LogP contribution is 2.45. The van der Waals surface area contributed by atoms with E-state index >= 15 is 0 Å². The van der Waals surface area contributed by atoms with Crippen LogP contribution in [0.2, 0.25) is 0 Å². The van der Waals surface area contributed by atoms with Gasteiger partial charge in [0, 0.05) is 37.6 Å². The third-order valence-corrected chi connectivity index (χ3v) is 19.5. The quantitative estimate of drug-likeness (QED) is 0.00827. The summed E-state index contributed by atoms with van der Waals surface area (Å²) in [4.78, 5) is 77.7. The van der Waals surface area contributed by atoms with Crippen LogP contribution in [-0.2, 0) is 71.1 Å². The van der Waals surface area contributed by atoms with E-state index in [1.807, 2.05) is 120 Å². The maximum atomic E-state index is 14.1. The largest absolute Gasteiger partial charge is 0.497 e. The Bertz CT molecular complexity index is 3850. The molecular weight excluding hydrogens is 1310 g/mol. The molecule has 2 aliphatic heterocycles. The molecule has 22 nitrogen and oxygen atoms in total. The number of hydrogen-bond donors (Lipinski definition) is 7. The molecule has 2 heterocycles. The third-order valence-electron chi connectivity index (χ3n) is 19.5. The molecule has 10 rings (SSSR count). The molecule has 0 radical (unpaired) electrons. The van der Waals surface area contributed by atoms with Crippen molar-refractivity contribution in [3.63, 3.8) is 0 Å². The monoisotopic (exact) mass is 1420 g/mol. The van der Waals surface area contributed by atoms with Gasteiger partial charge in [-0.1, -0.05) is 183 Å². The van der Waals surface area contributed by atoms with Gasteiger partial charge >= 0.3 is 24.0 Å². The Kier molecular flexibility index (Phi) is 29.6. The van der Waals surface area contributed by atoms with E-state index < -0.39 is 78.3 Å². The highest BCUT2D eigenvalue weighted by atomic mass is 16.7. The molecule has 2 fully saturated rings. The Hall–Kier alpha value is -9.84. The number of ether oxygens (including phenoxy) is 9. The zero-order valence-electron chi connectivity index (χ0n) is 58.6. The molecule has 8 N–H and O–H groups in total. The summed E-state index contributed by atoms with van der Waals surface area (Å²) in [5.41, 5.74) is 14.4. The summed E-state index contributed by atoms with van der Waals surface area (Å²) < 4.78 is 50.7. The van der Waals surface area contributed by atoms with Gasteiger partial charge in [0.25, 0.3) is 0 Å². The van der Waals surface area contributed by atoms with E-state index in [-0.39, 0.29) is 101 Å². The molecule has 552 valence electrons. The molecule has 7 aromatic carbocycles. The lowest BCUT2D eigenvalue weighted by atomic mass is 9.77. The first kappa shape index (κ1) is 80.5. The van der Waals surface area contributed by atoms with Gasteiger partial charge < -0.3 is 74.5 Å². The number of nitrogens with two attached hydrogens (primary N) is 1. The number of fused-ring (bicyclic) bond motifs is 3. The van der Waals surface area contributed by atoms with Gasteiger partial charge in [-0.15, -0.1) is 0 Å². The first-order valence-electron chi connectivity index (χ1n) is 34.1. The molecule has 7 aromatic rings. The van der Waals surface area contributed by atoms with E-state index in [0.29, 0.717) is 42.0 Å². The normalized spacial score (nSPS) is 20.5. The van der Waals surface area contributed by atoms with Crippen LogP contribution in [0.3, 0.4) is 0 Å². The molecule has 22 heteroatoms. The predicted molar refractivity (Wildman–Crippen MR) is 392 cm³/mol. The van der Waals surface area contributed by atoms with E-state index in [1.165, 1.54) is 21.1 Å². The number of carbonyl (C=O) groups is 6. The number of benzene rings is 7. The number of nitrogens with one attached hydrogen (secondary N) is 4. The summed E-state index contributed by atoms with van der Waals surface area (Å²) in [6.45, 7) is 11.0. The van der Waals surface area contributed by atoms with Gasteiger partial charge in [0.2, 0.25) is 24.4 Å². The van der Waals surface area contributed by atoms with Crippen molar-refractivity contribution in [2.24, 2.45) is 29.6 Å². The maximum absolute atomic E-state index is 14.1. The standard InChI is InChI=1S/C61H68N4O10.C18H25NO7.2CH4/c1-39-40(2)56(58(69)72-5)75-59(41(39)3)74-54-32-27-42(37-66)36-53(54)64-55(67)33-35-62-57(68)52(65-60(70)73-38-51-49-24-14-12-22-47(49)48-23-13-15-25-50(48)51)26-16-17-34-63-61(43-18-8-6-9-19-43,44-20-10-7-11-21-44)45-28-30-46(71-4)31-29-45;1-9-10(2)16(24-11(3)21)18(26-15(9)17(22)23-4)25-14-6-5-12(8-20)7-13(14)19;;/h6-15,18-25,27-32,36,39-41,51-52,56,59,63,66H,16-17,26,33-35,37-38H2,1-5H3,(H,62,68)(H,64,67)(H,65,70);5-7,9-10,15-16,18,20H,8,19H2,1-4H3;2*1H4/t39-,40-,41+,52-,56-,59+;9-,10-,15-,16+,18+;;/m00../s1. The lowest BCUT2D eigenvalue weighted by Crippen LogP contribution is -2.55. The first-order chi connectivity index (χ1) is 48.7. The summed E-state index contributed by atoms with van der Waals surface area (Å²) in [5.74, 6) is -1.94. The van der Waals surface area contributed by atoms with Gasteiger partial charge in [-0.2, -0.15) is 0 Å². The van der Waals surface area contributed by atoms with Crippen LogP contribution in [0.5, 0.6) is 17.2 Å². The van der Waals surface area contributed by atoms with E-state index in [1.54, 1.807) is 43.5 Å². The van der Waals surface area contributed by atoms with Gasteiger partial charge in [0.15, 0.2) is 18.3 Å². The Balaban J connectivity index is 0.000000447. The molecule has 0 saturated carbocycles. The maximum Gasteiger partial charge on any atom is 0.407 e. The zero-order chi connectivity index (χ0) is 72.3. The zero-order valence-corrected chi connectivity index (χ0v) is 58.6. The number of amides is 3. The number of nitrogen functional groups attached to an aromatic ring is 1. The molecular formula is C81H101N5O17. The summed E-state index contributed by atoms with van der Waals surface area (Å²) >= 11 is 0. The minimum atomic E-state index is -1.03. The Morgan fingerprint density at radius 2 is 1.11 bits per heavy atom. The second-order valence-electron chi connectivity index (χ2n) is 25.8. The van der Waals surface area contributed by atoms with Crippen molar-refractivity contribution >= 4 is 47.2 Å². The average Bonchev–Trinajstić information content (AvgIpc) is 1.50. The summed E-state index contributed by atoms with van der Waals surface area (Å²) in [6.07, 6.45) is -3.68. The van der Waals surface area contributed by atoms with Crippen molar-refractivity contribution in [1.82, 2.24) is 16.0 Å². The minimum absolute atomic E-state index is 0. The van der Waals surface area contributed by atoms with Crippen LogP contribution in [-0.4, -0.2) is 124 Å². The van der Waals surface area contributed by atoms with Crippen LogP contribution < -0.4 is 41.2 Å². The molecule has 3 aliphatic rings. The van der Waals surface area contributed by atoms with E-state index in [2.05, 4.69) is 69.8 Å². The van der Waals surface area contributed by atoms with E-state index in [9.17, 15) is 39.0 Å². The van der Waals surface area contributed by atoms with Gasteiger partial charge in [-0.25, -0.2) is 14.4 Å². The third kappa shape index (κ3) is 19.5. The number of methoxy groups -OCH3 is 3. The molecule has 0 unspecified atom stereocenters. The van der Waals surface area contributed by atoms with Crippen LogP contribution in [0, 0.1) is 29.6 Å². The van der Waals surface area contributed by atoms with E-state index in [0.717, 1.165) is 44.7 Å². The molecule has 0 aromatic heterocycles. The number of alkyl carbamates (subject to hydrolysis) is 1. The lowest BCUT2D eigenvalue weighted by Gasteiger charge is -2.42. The number of aliphatic hydroxyl groups excluding tert-OH is 2. The molecule has 11 atom stereocenters. The van der Waals surface area contributed by atoms with Crippen LogP contribution in [0.1, 0.15) is 127 Å². The van der Waals surface area contributed by atoms with Gasteiger partial charge in [0.1, 0.15) is 29.9 Å². The van der Waals surface area contributed by atoms with Crippen LogP contribution in [0.25, 0.3) is 11.1 Å². The number of hydrogen-bond acceptors (Lipinski definition) is 19. The number of carbonyl (C=O) groups excluding carboxylic acids is 6. The smallest absolute Gasteiger partial charge is 0.407 e. The van der Waals surface area contributed by atoms with Crippen molar-refractivity contribution in [2.45, 2.75) is 144 Å². The second-order valence-corrected chi connectivity index (χ2v) is 25.8. The number of unbranched alkanes of at least 4 members (excludes halogenated alkanes) is 1. The fourth-order valence-corrected chi connectivity index (χ4v) is 13.3. The molecule has 0 bridgehead atoms. The van der Waals surface area contributed by atoms with Crippen LogP contribution in [0.4, 0.5) is 16.2 Å². The Morgan fingerprint density at radius 3 is 1.66 bits per heavy atom. The van der Waals surface area contributed by atoms with E-state index in [4.69, 9.17) is 48.4 Å². The highest BCUT2D eigenvalue weighted by molar-refractivity contribution is 5.93. The number of rotatable bonds is 27. The fraction of sp³-hybridized carbons (Fsp3) is 0.407.